The number of urea groups is 1. The number of hydrogen-bond acceptors (Lipinski definition) is 4. The second-order valence-electron chi connectivity index (χ2n) is 10.9. The third-order valence-electron chi connectivity index (χ3n) is 8.23. The van der Waals surface area contributed by atoms with Crippen molar-refractivity contribution < 1.29 is 18.8 Å². The zero-order valence-electron chi connectivity index (χ0n) is 21.6. The van der Waals surface area contributed by atoms with Crippen LogP contribution in [0.2, 0.25) is 0 Å². The van der Waals surface area contributed by atoms with Gasteiger partial charge in [-0.05, 0) is 71.7 Å². The maximum Gasteiger partial charge on any atom is 0.325 e. The van der Waals surface area contributed by atoms with E-state index in [-0.39, 0.29) is 36.4 Å². The molecule has 2 aromatic carbocycles. The zero-order valence-corrected chi connectivity index (χ0v) is 21.6. The van der Waals surface area contributed by atoms with E-state index < -0.39 is 17.5 Å². The van der Waals surface area contributed by atoms with E-state index in [0.717, 1.165) is 45.6 Å². The molecule has 1 aromatic heterocycles. The van der Waals surface area contributed by atoms with Gasteiger partial charge in [-0.2, -0.15) is 0 Å². The molecule has 3 aliphatic rings. The van der Waals surface area contributed by atoms with Crippen molar-refractivity contribution in [1.29, 1.82) is 0 Å². The summed E-state index contributed by atoms with van der Waals surface area (Å²) in [7, 11) is 0. The summed E-state index contributed by atoms with van der Waals surface area (Å²) < 4.78 is 13.4. The molecule has 8 nitrogen and oxygen atoms in total. The van der Waals surface area contributed by atoms with Gasteiger partial charge in [-0.1, -0.05) is 30.3 Å². The number of pyridine rings is 1. The molecule has 1 saturated heterocycles. The minimum absolute atomic E-state index is 0.0561. The summed E-state index contributed by atoms with van der Waals surface area (Å²) in [4.78, 5) is 57.1. The van der Waals surface area contributed by atoms with Gasteiger partial charge >= 0.3 is 6.03 Å². The van der Waals surface area contributed by atoms with Gasteiger partial charge in [-0.25, -0.2) is 9.18 Å². The highest BCUT2D eigenvalue weighted by atomic mass is 19.1. The van der Waals surface area contributed by atoms with Crippen LogP contribution in [0.3, 0.4) is 0 Å². The zero-order chi connectivity index (χ0) is 27.3. The van der Waals surface area contributed by atoms with Crippen molar-refractivity contribution in [1.82, 2.24) is 20.1 Å². The molecule has 1 aliphatic heterocycles. The van der Waals surface area contributed by atoms with E-state index in [1.165, 1.54) is 18.2 Å². The van der Waals surface area contributed by atoms with Gasteiger partial charge in [0.25, 0.3) is 5.91 Å². The lowest BCUT2D eigenvalue weighted by atomic mass is 9.96. The second kappa shape index (κ2) is 9.48. The molecular weight excluding hydrogens is 499 g/mol. The van der Waals surface area contributed by atoms with E-state index in [1.54, 1.807) is 29.3 Å². The number of fused-ring (bicyclic) bond motifs is 1. The highest BCUT2D eigenvalue weighted by molar-refractivity contribution is 6.09. The molecule has 200 valence electrons. The van der Waals surface area contributed by atoms with Crippen molar-refractivity contribution in [3.05, 3.63) is 93.7 Å². The number of carbonyl (C=O) groups is 3. The Morgan fingerprint density at radius 1 is 1.03 bits per heavy atom. The van der Waals surface area contributed by atoms with Crippen LogP contribution in [-0.2, 0) is 29.0 Å². The SMILES string of the molecule is C[C@@H](C1CC1)N(Cc1ccc(F)cc1)C(=O)CN1C(=O)NC2(Cc3ccc(-c4ccc(=O)[nH]c4)cc3C2)C1=O. The van der Waals surface area contributed by atoms with Crippen molar-refractivity contribution in [2.75, 3.05) is 6.54 Å². The number of rotatable bonds is 7. The summed E-state index contributed by atoms with van der Waals surface area (Å²) in [6, 6.07) is 14.5. The molecule has 3 aromatic rings. The molecule has 0 bridgehead atoms. The van der Waals surface area contributed by atoms with Gasteiger partial charge in [-0.3, -0.25) is 19.3 Å². The first-order valence-electron chi connectivity index (χ1n) is 13.2. The molecule has 1 saturated carbocycles. The molecule has 6 rings (SSSR count). The maximum atomic E-state index is 13.7. The van der Waals surface area contributed by atoms with E-state index in [4.69, 9.17) is 0 Å². The van der Waals surface area contributed by atoms with Crippen molar-refractivity contribution in [3.8, 4) is 11.1 Å². The fourth-order valence-corrected chi connectivity index (χ4v) is 5.81. The molecule has 9 heteroatoms. The number of carbonyl (C=O) groups excluding carboxylic acids is 3. The van der Waals surface area contributed by atoms with Gasteiger partial charge < -0.3 is 15.2 Å². The minimum atomic E-state index is -1.12. The van der Waals surface area contributed by atoms with Crippen LogP contribution in [0.5, 0.6) is 0 Å². The van der Waals surface area contributed by atoms with E-state index in [9.17, 15) is 23.6 Å². The Morgan fingerprint density at radius 3 is 2.44 bits per heavy atom. The van der Waals surface area contributed by atoms with Crippen LogP contribution in [0.1, 0.15) is 36.5 Å². The number of imide groups is 1. The predicted molar refractivity (Wildman–Crippen MR) is 142 cm³/mol. The quantitative estimate of drug-likeness (QED) is 0.459. The number of aromatic nitrogens is 1. The molecule has 2 heterocycles. The Morgan fingerprint density at radius 2 is 1.74 bits per heavy atom. The van der Waals surface area contributed by atoms with Crippen molar-refractivity contribution in [3.63, 3.8) is 0 Å². The third kappa shape index (κ3) is 4.73. The first-order chi connectivity index (χ1) is 18.7. The number of benzene rings is 2. The summed E-state index contributed by atoms with van der Waals surface area (Å²) in [5, 5.41) is 2.88. The molecule has 2 N–H and O–H groups in total. The molecule has 2 fully saturated rings. The topological polar surface area (TPSA) is 103 Å². The van der Waals surface area contributed by atoms with E-state index in [2.05, 4.69) is 10.3 Å². The second-order valence-corrected chi connectivity index (χ2v) is 10.9. The minimum Gasteiger partial charge on any atom is -0.334 e. The number of nitrogens with one attached hydrogen (secondary N) is 2. The van der Waals surface area contributed by atoms with Crippen LogP contribution in [0, 0.1) is 11.7 Å². The maximum absolute atomic E-state index is 13.7. The number of nitrogens with zero attached hydrogens (tertiary/aromatic N) is 2. The summed E-state index contributed by atoms with van der Waals surface area (Å²) >= 11 is 0. The highest BCUT2D eigenvalue weighted by Gasteiger charge is 2.54. The Kier molecular flexibility index (Phi) is 6.09. The first kappa shape index (κ1) is 25.0. The molecule has 1 spiro atoms. The van der Waals surface area contributed by atoms with E-state index in [0.29, 0.717) is 18.8 Å². The Hall–Kier alpha value is -4.27. The standard InChI is InChI=1S/C30H29FN4O4/c1-18(20-4-5-20)34(16-19-2-9-25(31)10-3-19)27(37)17-35-28(38)30(33-29(35)39)13-22-7-6-21(12-24(22)14-30)23-8-11-26(36)32-15-23/h2-3,6-12,15,18,20H,4-5,13-14,16-17H2,1H3,(H,32,36)(H,33,39)/t18-,30?/m0/s1. The van der Waals surface area contributed by atoms with Crippen LogP contribution in [0.4, 0.5) is 9.18 Å². The molecule has 2 aliphatic carbocycles. The van der Waals surface area contributed by atoms with Crippen LogP contribution in [0.15, 0.2) is 65.6 Å². The van der Waals surface area contributed by atoms with Crippen LogP contribution < -0.4 is 10.9 Å². The highest BCUT2D eigenvalue weighted by Crippen LogP contribution is 2.38. The molecule has 39 heavy (non-hydrogen) atoms. The van der Waals surface area contributed by atoms with Crippen LogP contribution >= 0.6 is 0 Å². The van der Waals surface area contributed by atoms with Gasteiger partial charge in [0.15, 0.2) is 0 Å². The molecule has 2 atom stereocenters. The normalized spacial score (nSPS) is 20.7. The van der Waals surface area contributed by atoms with E-state index in [1.807, 2.05) is 25.1 Å². The Balaban J connectivity index is 1.19. The van der Waals surface area contributed by atoms with Gasteiger partial charge in [0, 0.05) is 37.7 Å². The van der Waals surface area contributed by atoms with Crippen LogP contribution in [-0.4, -0.2) is 50.8 Å². The largest absolute Gasteiger partial charge is 0.334 e. The van der Waals surface area contributed by atoms with Crippen molar-refractivity contribution in [2.24, 2.45) is 5.92 Å². The predicted octanol–water partition coefficient (Wildman–Crippen LogP) is 3.40. The van der Waals surface area contributed by atoms with Gasteiger partial charge in [0.05, 0.1) is 0 Å². The third-order valence-corrected chi connectivity index (χ3v) is 8.23. The fourth-order valence-electron chi connectivity index (χ4n) is 5.81. The first-order valence-corrected chi connectivity index (χ1v) is 13.2. The Bertz CT molecular complexity index is 1510. The van der Waals surface area contributed by atoms with Gasteiger partial charge in [0.2, 0.25) is 11.5 Å². The lowest BCUT2D eigenvalue weighted by Gasteiger charge is -2.31. The monoisotopic (exact) mass is 528 g/mol. The van der Waals surface area contributed by atoms with E-state index >= 15 is 0 Å². The molecular formula is C30H29FN4O4. The number of amides is 4. The number of H-pyrrole nitrogens is 1. The van der Waals surface area contributed by atoms with Gasteiger partial charge in [-0.15, -0.1) is 0 Å². The van der Waals surface area contributed by atoms with Gasteiger partial charge in [0.1, 0.15) is 17.9 Å². The number of halogens is 1. The molecule has 1 unspecified atom stereocenters. The lowest BCUT2D eigenvalue weighted by molar-refractivity contribution is -0.140. The van der Waals surface area contributed by atoms with Crippen molar-refractivity contribution >= 4 is 17.8 Å². The van der Waals surface area contributed by atoms with Crippen molar-refractivity contribution in [2.45, 2.75) is 50.7 Å². The molecule has 0 radical (unpaired) electrons. The fraction of sp³-hybridized carbons (Fsp3) is 0.333. The average Bonchev–Trinajstić information content (AvgIpc) is 3.67. The number of hydrogen-bond donors (Lipinski definition) is 2. The summed E-state index contributed by atoms with van der Waals surface area (Å²) in [5.74, 6) is -0.678. The molecule has 4 amide bonds. The Labute approximate surface area is 224 Å². The average molecular weight is 529 g/mol. The lowest BCUT2D eigenvalue weighted by Crippen LogP contribution is -2.49. The summed E-state index contributed by atoms with van der Waals surface area (Å²) in [6.07, 6.45) is 4.37. The number of aromatic amines is 1. The van der Waals surface area contributed by atoms with Crippen LogP contribution in [0.25, 0.3) is 11.1 Å². The summed E-state index contributed by atoms with van der Waals surface area (Å²) in [5.41, 5.74) is 3.14. The smallest absolute Gasteiger partial charge is 0.325 e. The summed E-state index contributed by atoms with van der Waals surface area (Å²) in [6.45, 7) is 1.92.